The lowest BCUT2D eigenvalue weighted by molar-refractivity contribution is 0.0709. The zero-order chi connectivity index (χ0) is 17.1. The lowest BCUT2D eigenvalue weighted by Crippen LogP contribution is -2.44. The molecule has 2 aromatic rings. The second-order valence-electron chi connectivity index (χ2n) is 7.11. The summed E-state index contributed by atoms with van der Waals surface area (Å²) in [5, 5.41) is 13.4. The fraction of sp³-hybridized carbons (Fsp3) is 0.579. The first-order valence-corrected chi connectivity index (χ1v) is 10.3. The molecule has 6 heteroatoms. The highest BCUT2D eigenvalue weighted by Gasteiger charge is 2.24. The Balaban J connectivity index is 1.28. The number of nitrogens with one attached hydrogen (secondary N) is 2. The summed E-state index contributed by atoms with van der Waals surface area (Å²) >= 11 is 1.53. The maximum Gasteiger partial charge on any atom is 0.263 e. The summed E-state index contributed by atoms with van der Waals surface area (Å²) in [6.07, 6.45) is 8.23. The number of amides is 1. The Morgan fingerprint density at radius 1 is 1.28 bits per heavy atom. The van der Waals surface area contributed by atoms with Crippen molar-refractivity contribution in [3.05, 3.63) is 39.3 Å². The van der Waals surface area contributed by atoms with Gasteiger partial charge in [-0.2, -0.15) is 5.10 Å². The van der Waals surface area contributed by atoms with Gasteiger partial charge >= 0.3 is 0 Å². The van der Waals surface area contributed by atoms with Gasteiger partial charge in [-0.3, -0.25) is 9.89 Å². The second kappa shape index (κ2) is 7.70. The third kappa shape index (κ3) is 3.80. The second-order valence-corrected chi connectivity index (χ2v) is 8.06. The predicted octanol–water partition coefficient (Wildman–Crippen LogP) is 3.13. The molecule has 2 N–H and O–H groups in total. The van der Waals surface area contributed by atoms with Gasteiger partial charge in [-0.25, -0.2) is 0 Å². The molecule has 0 radical (unpaired) electrons. The van der Waals surface area contributed by atoms with Gasteiger partial charge in [0.1, 0.15) is 0 Å². The number of rotatable bonds is 4. The Labute approximate surface area is 152 Å². The molecule has 2 aromatic heterocycles. The summed E-state index contributed by atoms with van der Waals surface area (Å²) in [6, 6.07) is 4.34. The van der Waals surface area contributed by atoms with Crippen molar-refractivity contribution < 1.29 is 4.79 Å². The van der Waals surface area contributed by atoms with Gasteiger partial charge in [0.2, 0.25) is 0 Å². The van der Waals surface area contributed by atoms with E-state index in [4.69, 9.17) is 0 Å². The number of carbonyl (C=O) groups is 1. The van der Waals surface area contributed by atoms with Crippen LogP contribution >= 0.6 is 11.3 Å². The summed E-state index contributed by atoms with van der Waals surface area (Å²) in [7, 11) is 0. The summed E-state index contributed by atoms with van der Waals surface area (Å²) in [5.41, 5.74) is 4.01. The van der Waals surface area contributed by atoms with Crippen LogP contribution in [-0.4, -0.2) is 40.1 Å². The standard InChI is InChI=1S/C19H26N4OS/c24-19(18-7-4-12-25-18)23-10-8-14(9-11-23)20-13-17-15-5-2-1-3-6-16(15)21-22-17/h4,7,12,14,20H,1-3,5-6,8-11,13H2,(H,21,22). The molecule has 1 amide bonds. The lowest BCUT2D eigenvalue weighted by Gasteiger charge is -2.32. The van der Waals surface area contributed by atoms with E-state index < -0.39 is 0 Å². The summed E-state index contributed by atoms with van der Waals surface area (Å²) in [6.45, 7) is 2.52. The largest absolute Gasteiger partial charge is 0.338 e. The molecule has 4 rings (SSSR count). The van der Waals surface area contributed by atoms with Crippen molar-refractivity contribution in [3.8, 4) is 0 Å². The van der Waals surface area contributed by atoms with Crippen LogP contribution in [0, 0.1) is 0 Å². The van der Waals surface area contributed by atoms with Crippen molar-refractivity contribution in [1.29, 1.82) is 0 Å². The van der Waals surface area contributed by atoms with Crippen LogP contribution in [-0.2, 0) is 19.4 Å². The van der Waals surface area contributed by atoms with Crippen LogP contribution in [0.1, 0.15) is 58.7 Å². The quantitative estimate of drug-likeness (QED) is 0.826. The molecule has 1 saturated heterocycles. The van der Waals surface area contributed by atoms with E-state index in [-0.39, 0.29) is 5.91 Å². The van der Waals surface area contributed by atoms with Crippen molar-refractivity contribution in [2.24, 2.45) is 0 Å². The molecule has 1 aliphatic carbocycles. The van der Waals surface area contributed by atoms with Gasteiger partial charge < -0.3 is 10.2 Å². The normalized spacial score (nSPS) is 18.8. The first-order chi connectivity index (χ1) is 12.3. The average Bonchev–Trinajstić information content (AvgIpc) is 3.25. The predicted molar refractivity (Wildman–Crippen MR) is 99.9 cm³/mol. The molecule has 5 nitrogen and oxygen atoms in total. The van der Waals surface area contributed by atoms with E-state index >= 15 is 0 Å². The van der Waals surface area contributed by atoms with Gasteiger partial charge in [-0.05, 0) is 55.5 Å². The number of nitrogens with zero attached hydrogens (tertiary/aromatic N) is 2. The molecule has 0 unspecified atom stereocenters. The Morgan fingerprint density at radius 3 is 2.92 bits per heavy atom. The van der Waals surface area contributed by atoms with E-state index in [0.717, 1.165) is 50.2 Å². The highest BCUT2D eigenvalue weighted by molar-refractivity contribution is 7.12. The van der Waals surface area contributed by atoms with Crippen LogP contribution in [0.5, 0.6) is 0 Å². The van der Waals surface area contributed by atoms with Gasteiger partial charge in [-0.1, -0.05) is 12.5 Å². The molecular weight excluding hydrogens is 332 g/mol. The number of thiophene rings is 1. The Morgan fingerprint density at radius 2 is 2.12 bits per heavy atom. The van der Waals surface area contributed by atoms with Crippen LogP contribution in [0.25, 0.3) is 0 Å². The molecule has 2 aliphatic rings. The van der Waals surface area contributed by atoms with E-state index in [1.54, 1.807) is 0 Å². The van der Waals surface area contributed by atoms with E-state index in [1.165, 1.54) is 47.6 Å². The molecular formula is C19H26N4OS. The number of piperidine rings is 1. The molecule has 3 heterocycles. The summed E-state index contributed by atoms with van der Waals surface area (Å²) in [4.78, 5) is 15.3. The van der Waals surface area contributed by atoms with Gasteiger partial charge in [0.15, 0.2) is 0 Å². The Kier molecular flexibility index (Phi) is 5.17. The Bertz CT molecular complexity index is 701. The first-order valence-electron chi connectivity index (χ1n) is 9.42. The van der Waals surface area contributed by atoms with E-state index in [0.29, 0.717) is 6.04 Å². The number of aromatic amines is 1. The van der Waals surface area contributed by atoms with E-state index in [1.807, 2.05) is 22.4 Å². The molecule has 0 saturated carbocycles. The van der Waals surface area contributed by atoms with Gasteiger partial charge in [0, 0.05) is 31.4 Å². The minimum atomic E-state index is 0.186. The first kappa shape index (κ1) is 16.8. The van der Waals surface area contributed by atoms with Crippen LogP contribution < -0.4 is 5.32 Å². The lowest BCUT2D eigenvalue weighted by atomic mass is 10.0. The number of carbonyl (C=O) groups excluding carboxylic acids is 1. The minimum Gasteiger partial charge on any atom is -0.338 e. The van der Waals surface area contributed by atoms with Crippen molar-refractivity contribution in [2.45, 2.75) is 57.5 Å². The monoisotopic (exact) mass is 358 g/mol. The van der Waals surface area contributed by atoms with Crippen molar-refractivity contribution >= 4 is 17.2 Å². The van der Waals surface area contributed by atoms with E-state index in [2.05, 4.69) is 15.5 Å². The highest BCUT2D eigenvalue weighted by Crippen LogP contribution is 2.22. The highest BCUT2D eigenvalue weighted by atomic mass is 32.1. The molecule has 0 atom stereocenters. The summed E-state index contributed by atoms with van der Waals surface area (Å²) < 4.78 is 0. The number of fused-ring (bicyclic) bond motifs is 1. The number of aryl methyl sites for hydroxylation is 1. The third-order valence-electron chi connectivity index (χ3n) is 5.46. The SMILES string of the molecule is O=C(c1cccs1)N1CCC(NCc2n[nH]c3c2CCCCC3)CC1. The zero-order valence-electron chi connectivity index (χ0n) is 14.6. The minimum absolute atomic E-state index is 0.186. The molecule has 0 aromatic carbocycles. The molecule has 134 valence electrons. The fourth-order valence-electron chi connectivity index (χ4n) is 3.96. The fourth-order valence-corrected chi connectivity index (χ4v) is 4.65. The van der Waals surface area contributed by atoms with Gasteiger partial charge in [0.05, 0.1) is 10.6 Å². The maximum atomic E-state index is 12.4. The van der Waals surface area contributed by atoms with Crippen LogP contribution in [0.15, 0.2) is 17.5 Å². The average molecular weight is 359 g/mol. The Hall–Kier alpha value is -1.66. The van der Waals surface area contributed by atoms with Crippen LogP contribution in [0.3, 0.4) is 0 Å². The van der Waals surface area contributed by atoms with Crippen LogP contribution in [0.2, 0.25) is 0 Å². The molecule has 0 spiro atoms. The zero-order valence-corrected chi connectivity index (χ0v) is 15.4. The van der Waals surface area contributed by atoms with Crippen molar-refractivity contribution in [2.75, 3.05) is 13.1 Å². The molecule has 1 fully saturated rings. The smallest absolute Gasteiger partial charge is 0.263 e. The molecule has 1 aliphatic heterocycles. The topological polar surface area (TPSA) is 61.0 Å². The van der Waals surface area contributed by atoms with Crippen LogP contribution in [0.4, 0.5) is 0 Å². The van der Waals surface area contributed by atoms with Gasteiger partial charge in [0.25, 0.3) is 5.91 Å². The third-order valence-corrected chi connectivity index (χ3v) is 6.32. The van der Waals surface area contributed by atoms with Crippen molar-refractivity contribution in [1.82, 2.24) is 20.4 Å². The number of hydrogen-bond acceptors (Lipinski definition) is 4. The number of H-pyrrole nitrogens is 1. The molecule has 25 heavy (non-hydrogen) atoms. The molecule has 0 bridgehead atoms. The summed E-state index contributed by atoms with van der Waals surface area (Å²) in [5.74, 6) is 0.186. The number of aromatic nitrogens is 2. The number of likely N-dealkylation sites (tertiary alicyclic amines) is 1. The van der Waals surface area contributed by atoms with E-state index in [9.17, 15) is 4.79 Å². The number of hydrogen-bond donors (Lipinski definition) is 2. The maximum absolute atomic E-state index is 12.4. The van der Waals surface area contributed by atoms with Gasteiger partial charge in [-0.15, -0.1) is 11.3 Å². The van der Waals surface area contributed by atoms with Crippen molar-refractivity contribution in [3.63, 3.8) is 0 Å².